The van der Waals surface area contributed by atoms with Crippen LogP contribution in [0.15, 0.2) is 36.4 Å². The van der Waals surface area contributed by atoms with E-state index in [-0.39, 0.29) is 11.3 Å². The SMILES string of the molecule is [O]c1cc(C(=O)O)c2cccccc1-2. The molecule has 1 radical (unpaired) electrons. The number of hydrogen-bond acceptors (Lipinski definition) is 1. The van der Waals surface area contributed by atoms with Crippen molar-refractivity contribution in [2.45, 2.75) is 0 Å². The second-order valence-corrected chi connectivity index (χ2v) is 2.97. The molecule has 0 bridgehead atoms. The summed E-state index contributed by atoms with van der Waals surface area (Å²) in [5.41, 5.74) is 1.01. The summed E-state index contributed by atoms with van der Waals surface area (Å²) in [6, 6.07) is 9.62. The number of carbonyl (C=O) groups is 1. The second kappa shape index (κ2) is 3.03. The van der Waals surface area contributed by atoms with Crippen LogP contribution in [0.1, 0.15) is 10.4 Å². The molecule has 0 aromatic carbocycles. The molecule has 0 aliphatic heterocycles. The van der Waals surface area contributed by atoms with Crippen LogP contribution in [0.5, 0.6) is 5.75 Å². The predicted octanol–water partition coefficient (Wildman–Crippen LogP) is 2.63. The zero-order chi connectivity index (χ0) is 10.1. The van der Waals surface area contributed by atoms with Crippen LogP contribution >= 0.6 is 0 Å². The highest BCUT2D eigenvalue weighted by atomic mass is 16.4. The molecule has 0 heterocycles. The van der Waals surface area contributed by atoms with Gasteiger partial charge in [-0.05, 0) is 0 Å². The molecule has 0 spiro atoms. The quantitative estimate of drug-likeness (QED) is 0.745. The van der Waals surface area contributed by atoms with E-state index in [1.54, 1.807) is 30.3 Å². The molecule has 0 saturated heterocycles. The van der Waals surface area contributed by atoms with Crippen LogP contribution in [-0.4, -0.2) is 11.1 Å². The number of carboxylic acids is 1. The summed E-state index contributed by atoms with van der Waals surface area (Å²) in [6.45, 7) is 0. The molecule has 3 nitrogen and oxygen atoms in total. The molecular formula is C11H7O3. The molecule has 1 N–H and O–H groups in total. The van der Waals surface area contributed by atoms with E-state index in [1.807, 2.05) is 0 Å². The maximum Gasteiger partial charge on any atom is 0.336 e. The Bertz CT molecular complexity index is 462. The lowest BCUT2D eigenvalue weighted by atomic mass is 10.1. The molecule has 14 heavy (non-hydrogen) atoms. The van der Waals surface area contributed by atoms with Crippen molar-refractivity contribution in [1.29, 1.82) is 0 Å². The number of aromatic carboxylic acids is 1. The van der Waals surface area contributed by atoms with Crippen LogP contribution in [0.3, 0.4) is 0 Å². The van der Waals surface area contributed by atoms with E-state index in [0.717, 1.165) is 6.07 Å². The Morgan fingerprint density at radius 2 is 1.71 bits per heavy atom. The maximum absolute atomic E-state index is 11.4. The van der Waals surface area contributed by atoms with Gasteiger partial charge in [0.05, 0.1) is 5.56 Å². The third-order valence-electron chi connectivity index (χ3n) is 2.10. The lowest BCUT2D eigenvalue weighted by molar-refractivity contribution is 0.0698. The molecule has 0 aromatic rings. The van der Waals surface area contributed by atoms with Crippen molar-refractivity contribution >= 4 is 5.97 Å². The lowest BCUT2D eigenvalue weighted by Gasteiger charge is -1.93. The molecule has 0 fully saturated rings. The standard InChI is InChI=1S/C11H7O3/c12-10-6-9(11(13)14)7-4-2-1-3-5-8(7)10/h1-6H,(H,13,14). The Morgan fingerprint density at radius 3 is 2.36 bits per heavy atom. The average Bonchev–Trinajstić information content (AvgIpc) is 2.38. The van der Waals surface area contributed by atoms with Crippen LogP contribution < -0.4 is 0 Å². The minimum atomic E-state index is -1.07. The van der Waals surface area contributed by atoms with E-state index >= 15 is 0 Å². The zero-order valence-corrected chi connectivity index (χ0v) is 7.23. The Balaban J connectivity index is 2.76. The molecule has 0 aromatic heterocycles. The molecule has 2 rings (SSSR count). The van der Waals surface area contributed by atoms with Crippen molar-refractivity contribution in [3.05, 3.63) is 42.0 Å². The summed E-state index contributed by atoms with van der Waals surface area (Å²) in [4.78, 5) is 10.8. The normalized spacial score (nSPS) is 10.3. The third-order valence-corrected chi connectivity index (χ3v) is 2.10. The van der Waals surface area contributed by atoms with Crippen LogP contribution in [0.25, 0.3) is 11.1 Å². The topological polar surface area (TPSA) is 57.2 Å². The highest BCUT2D eigenvalue weighted by Gasteiger charge is 2.19. The van der Waals surface area contributed by atoms with Gasteiger partial charge in [0.1, 0.15) is 0 Å². The van der Waals surface area contributed by atoms with Crippen LogP contribution in [0, 0.1) is 0 Å². The molecule has 0 saturated carbocycles. The van der Waals surface area contributed by atoms with Crippen LogP contribution in [0.4, 0.5) is 0 Å². The van der Waals surface area contributed by atoms with Gasteiger partial charge in [0.15, 0.2) is 5.75 Å². The summed E-state index contributed by atoms with van der Waals surface area (Å²) < 4.78 is 0. The molecule has 3 heteroatoms. The van der Waals surface area contributed by atoms with E-state index in [0.29, 0.717) is 11.1 Å². The van der Waals surface area contributed by atoms with Crippen molar-refractivity contribution in [3.8, 4) is 16.9 Å². The molecule has 2 aliphatic carbocycles. The molecular weight excluding hydrogens is 180 g/mol. The fourth-order valence-corrected chi connectivity index (χ4v) is 1.46. The van der Waals surface area contributed by atoms with Gasteiger partial charge in [0, 0.05) is 17.2 Å². The first kappa shape index (κ1) is 8.56. The molecule has 2 aliphatic rings. The van der Waals surface area contributed by atoms with E-state index < -0.39 is 5.97 Å². The fraction of sp³-hybridized carbons (Fsp3) is 0. The van der Waals surface area contributed by atoms with Gasteiger partial charge in [-0.2, -0.15) is 0 Å². The van der Waals surface area contributed by atoms with E-state index in [9.17, 15) is 9.90 Å². The first-order valence-electron chi connectivity index (χ1n) is 4.12. The van der Waals surface area contributed by atoms with Gasteiger partial charge >= 0.3 is 5.97 Å². The van der Waals surface area contributed by atoms with Crippen LogP contribution in [-0.2, 0) is 5.11 Å². The lowest BCUT2D eigenvalue weighted by Crippen LogP contribution is -1.94. The molecule has 69 valence electrons. The molecule has 0 amide bonds. The smallest absolute Gasteiger partial charge is 0.336 e. The number of fused-ring (bicyclic) bond motifs is 1. The van der Waals surface area contributed by atoms with E-state index in [2.05, 4.69) is 0 Å². The Labute approximate surface area is 80.6 Å². The van der Waals surface area contributed by atoms with Gasteiger partial charge in [-0.1, -0.05) is 30.3 Å². The monoisotopic (exact) mass is 187 g/mol. The van der Waals surface area contributed by atoms with Gasteiger partial charge < -0.3 is 5.11 Å². The van der Waals surface area contributed by atoms with Gasteiger partial charge in [-0.15, -0.1) is 0 Å². The Morgan fingerprint density at radius 1 is 1.07 bits per heavy atom. The minimum Gasteiger partial charge on any atom is -0.478 e. The number of carboxylic acid groups (broad SMARTS) is 1. The van der Waals surface area contributed by atoms with Crippen molar-refractivity contribution < 1.29 is 15.0 Å². The highest BCUT2D eigenvalue weighted by Crippen LogP contribution is 2.36. The van der Waals surface area contributed by atoms with Gasteiger partial charge in [-0.25, -0.2) is 4.79 Å². The fourth-order valence-electron chi connectivity index (χ4n) is 1.46. The predicted molar refractivity (Wildman–Crippen MR) is 50.2 cm³/mol. The number of hydrogen-bond donors (Lipinski definition) is 1. The summed E-state index contributed by atoms with van der Waals surface area (Å²) in [7, 11) is 0. The number of rotatable bonds is 1. The largest absolute Gasteiger partial charge is 0.478 e. The van der Waals surface area contributed by atoms with Gasteiger partial charge in [0.2, 0.25) is 0 Å². The van der Waals surface area contributed by atoms with Crippen molar-refractivity contribution in [2.24, 2.45) is 0 Å². The Hall–Kier alpha value is -2.03. The van der Waals surface area contributed by atoms with Crippen molar-refractivity contribution in [2.75, 3.05) is 0 Å². The maximum atomic E-state index is 11.4. The van der Waals surface area contributed by atoms with Gasteiger partial charge in [-0.3, -0.25) is 5.11 Å². The Kier molecular flexibility index (Phi) is 1.85. The highest BCUT2D eigenvalue weighted by molar-refractivity contribution is 5.99. The van der Waals surface area contributed by atoms with Crippen LogP contribution in [0.2, 0.25) is 0 Å². The summed E-state index contributed by atoms with van der Waals surface area (Å²) in [5, 5.41) is 20.2. The summed E-state index contributed by atoms with van der Waals surface area (Å²) in [5.74, 6) is -1.31. The average molecular weight is 187 g/mol. The van der Waals surface area contributed by atoms with E-state index in [1.165, 1.54) is 0 Å². The first-order valence-corrected chi connectivity index (χ1v) is 4.12. The van der Waals surface area contributed by atoms with E-state index in [4.69, 9.17) is 5.11 Å². The summed E-state index contributed by atoms with van der Waals surface area (Å²) >= 11 is 0. The van der Waals surface area contributed by atoms with Gasteiger partial charge in [0.25, 0.3) is 0 Å². The third kappa shape index (κ3) is 1.19. The summed E-state index contributed by atoms with van der Waals surface area (Å²) in [6.07, 6.45) is 0. The van der Waals surface area contributed by atoms with Crippen molar-refractivity contribution in [3.63, 3.8) is 0 Å². The minimum absolute atomic E-state index is 0.0706. The molecule has 0 unspecified atom stereocenters. The zero-order valence-electron chi connectivity index (χ0n) is 7.23. The second-order valence-electron chi connectivity index (χ2n) is 2.97. The first-order chi connectivity index (χ1) is 6.70. The van der Waals surface area contributed by atoms with Crippen molar-refractivity contribution in [1.82, 2.24) is 0 Å². The molecule has 0 atom stereocenters.